The first-order chi connectivity index (χ1) is 5.27. The normalized spacial score (nSPS) is 12.5. The molecule has 1 rings (SSSR count). The molecule has 0 saturated carbocycles. The third-order valence-corrected chi connectivity index (χ3v) is 1.08. The van der Waals surface area contributed by atoms with Gasteiger partial charge in [0, 0.05) is 6.07 Å². The van der Waals surface area contributed by atoms with Crippen LogP contribution in [0.3, 0.4) is 0 Å². The summed E-state index contributed by atoms with van der Waals surface area (Å²) in [4.78, 5) is 19.9. The van der Waals surface area contributed by atoms with Crippen LogP contribution in [0.15, 0.2) is 15.8 Å². The Morgan fingerprint density at radius 1 is 1.82 bits per heavy atom. The van der Waals surface area contributed by atoms with Crippen molar-refractivity contribution in [2.45, 2.75) is 6.04 Å². The SMILES string of the molecule is NC(C=O)c1cc(N=O)no1. The van der Waals surface area contributed by atoms with Gasteiger partial charge in [0.15, 0.2) is 5.76 Å². The van der Waals surface area contributed by atoms with E-state index in [2.05, 4.69) is 14.9 Å². The summed E-state index contributed by atoms with van der Waals surface area (Å²) in [7, 11) is 0. The minimum atomic E-state index is -0.877. The summed E-state index contributed by atoms with van der Waals surface area (Å²) in [6, 6.07) is 0.337. The van der Waals surface area contributed by atoms with E-state index in [9.17, 15) is 9.70 Å². The number of aldehydes is 1. The van der Waals surface area contributed by atoms with Gasteiger partial charge in [-0.15, -0.1) is 4.91 Å². The van der Waals surface area contributed by atoms with E-state index in [4.69, 9.17) is 5.73 Å². The molecule has 0 radical (unpaired) electrons. The van der Waals surface area contributed by atoms with Crippen LogP contribution in [0.25, 0.3) is 0 Å². The third kappa shape index (κ3) is 1.47. The Morgan fingerprint density at radius 3 is 3.00 bits per heavy atom. The number of hydrogen-bond donors (Lipinski definition) is 1. The van der Waals surface area contributed by atoms with Crippen molar-refractivity contribution in [3.8, 4) is 0 Å². The van der Waals surface area contributed by atoms with Crippen LogP contribution in [0.1, 0.15) is 11.8 Å². The zero-order valence-electron chi connectivity index (χ0n) is 5.43. The molecule has 11 heavy (non-hydrogen) atoms. The number of aromatic nitrogens is 1. The van der Waals surface area contributed by atoms with E-state index in [1.165, 1.54) is 6.07 Å². The first kappa shape index (κ1) is 7.55. The summed E-state index contributed by atoms with van der Waals surface area (Å²) in [5.74, 6) is 0.0203. The zero-order valence-corrected chi connectivity index (χ0v) is 5.43. The highest BCUT2D eigenvalue weighted by molar-refractivity contribution is 5.59. The van der Waals surface area contributed by atoms with Crippen LogP contribution in [0.4, 0.5) is 5.82 Å². The molecule has 0 bridgehead atoms. The Bertz CT molecular complexity index is 270. The van der Waals surface area contributed by atoms with Gasteiger partial charge in [-0.05, 0) is 5.18 Å². The van der Waals surface area contributed by atoms with Gasteiger partial charge in [-0.3, -0.25) is 0 Å². The van der Waals surface area contributed by atoms with E-state index < -0.39 is 6.04 Å². The smallest absolute Gasteiger partial charge is 0.238 e. The number of carbonyl (C=O) groups excluding carboxylic acids is 1. The molecule has 0 aliphatic heterocycles. The number of carbonyl (C=O) groups is 1. The predicted octanol–water partition coefficient (Wildman–Crippen LogP) is 0.271. The summed E-state index contributed by atoms with van der Waals surface area (Å²) >= 11 is 0. The average molecular weight is 155 g/mol. The fourth-order valence-electron chi connectivity index (χ4n) is 0.547. The molecule has 1 unspecified atom stereocenters. The molecule has 1 heterocycles. The molecular weight excluding hydrogens is 150 g/mol. The van der Waals surface area contributed by atoms with Gasteiger partial charge in [-0.1, -0.05) is 5.16 Å². The van der Waals surface area contributed by atoms with E-state index in [-0.39, 0.29) is 11.6 Å². The van der Waals surface area contributed by atoms with Gasteiger partial charge in [0.05, 0.1) is 0 Å². The lowest BCUT2D eigenvalue weighted by molar-refractivity contribution is -0.109. The Morgan fingerprint density at radius 2 is 2.55 bits per heavy atom. The lowest BCUT2D eigenvalue weighted by Gasteiger charge is -1.92. The van der Waals surface area contributed by atoms with E-state index in [0.717, 1.165) is 0 Å². The van der Waals surface area contributed by atoms with Crippen LogP contribution < -0.4 is 5.73 Å². The fourth-order valence-corrected chi connectivity index (χ4v) is 0.547. The largest absolute Gasteiger partial charge is 0.357 e. The zero-order chi connectivity index (χ0) is 8.27. The molecule has 6 heteroatoms. The van der Waals surface area contributed by atoms with Gasteiger partial charge in [0.2, 0.25) is 5.82 Å². The molecule has 2 N–H and O–H groups in total. The van der Waals surface area contributed by atoms with Crippen LogP contribution >= 0.6 is 0 Å². The van der Waals surface area contributed by atoms with Crippen molar-refractivity contribution in [1.29, 1.82) is 0 Å². The third-order valence-electron chi connectivity index (χ3n) is 1.08. The van der Waals surface area contributed by atoms with E-state index in [1.54, 1.807) is 0 Å². The van der Waals surface area contributed by atoms with Gasteiger partial charge < -0.3 is 15.1 Å². The van der Waals surface area contributed by atoms with Gasteiger partial charge >= 0.3 is 0 Å². The predicted molar refractivity (Wildman–Crippen MR) is 35.0 cm³/mol. The first-order valence-electron chi connectivity index (χ1n) is 2.78. The maximum absolute atomic E-state index is 10.1. The molecule has 0 amide bonds. The topological polar surface area (TPSA) is 98.6 Å². The van der Waals surface area contributed by atoms with Crippen molar-refractivity contribution >= 4 is 12.1 Å². The molecule has 0 fully saturated rings. The number of nitroso groups, excluding NO2 is 1. The molecule has 1 aromatic rings. The second-order valence-corrected chi connectivity index (χ2v) is 1.84. The monoisotopic (exact) mass is 155 g/mol. The average Bonchev–Trinajstić information content (AvgIpc) is 2.50. The number of hydrogen-bond acceptors (Lipinski definition) is 6. The van der Waals surface area contributed by atoms with Gasteiger partial charge in [0.25, 0.3) is 0 Å². The molecule has 0 aliphatic rings. The molecule has 0 aliphatic carbocycles. The quantitative estimate of drug-likeness (QED) is 0.499. The lowest BCUT2D eigenvalue weighted by atomic mass is 10.3. The van der Waals surface area contributed by atoms with Crippen LogP contribution in [-0.2, 0) is 4.79 Å². The Labute approximate surface area is 61.3 Å². The van der Waals surface area contributed by atoms with E-state index >= 15 is 0 Å². The van der Waals surface area contributed by atoms with Gasteiger partial charge in [0.1, 0.15) is 12.3 Å². The highest BCUT2D eigenvalue weighted by Crippen LogP contribution is 2.15. The molecule has 58 valence electrons. The molecule has 6 nitrogen and oxygen atoms in total. The first-order valence-corrected chi connectivity index (χ1v) is 2.78. The Balaban J connectivity index is 2.87. The number of rotatable bonds is 3. The van der Waals surface area contributed by atoms with Crippen molar-refractivity contribution in [3.63, 3.8) is 0 Å². The summed E-state index contributed by atoms with van der Waals surface area (Å²) < 4.78 is 4.51. The summed E-state index contributed by atoms with van der Waals surface area (Å²) in [5.41, 5.74) is 5.22. The maximum atomic E-state index is 10.1. The van der Waals surface area contributed by atoms with Crippen molar-refractivity contribution in [3.05, 3.63) is 16.7 Å². The molecule has 1 aromatic heterocycles. The van der Waals surface area contributed by atoms with Crippen LogP contribution in [0, 0.1) is 4.91 Å². The fraction of sp³-hybridized carbons (Fsp3) is 0.200. The van der Waals surface area contributed by atoms with Crippen LogP contribution in [0.5, 0.6) is 0 Å². The van der Waals surface area contributed by atoms with Crippen molar-refractivity contribution in [2.75, 3.05) is 0 Å². The van der Waals surface area contributed by atoms with E-state index in [1.807, 2.05) is 0 Å². The Hall–Kier alpha value is -1.56. The summed E-state index contributed by atoms with van der Waals surface area (Å²) in [6.45, 7) is 0. The number of nitrogens with zero attached hydrogens (tertiary/aromatic N) is 2. The lowest BCUT2D eigenvalue weighted by Crippen LogP contribution is -2.09. The van der Waals surface area contributed by atoms with Gasteiger partial charge in [-0.25, -0.2) is 0 Å². The molecular formula is C5H5N3O3. The van der Waals surface area contributed by atoms with Crippen molar-refractivity contribution in [1.82, 2.24) is 5.16 Å². The minimum absolute atomic E-state index is 0.114. The maximum Gasteiger partial charge on any atom is 0.238 e. The van der Waals surface area contributed by atoms with Gasteiger partial charge in [-0.2, -0.15) is 0 Å². The van der Waals surface area contributed by atoms with Crippen LogP contribution in [-0.4, -0.2) is 11.4 Å². The summed E-state index contributed by atoms with van der Waals surface area (Å²) in [5, 5.41) is 5.69. The Kier molecular flexibility index (Phi) is 2.07. The van der Waals surface area contributed by atoms with Crippen molar-refractivity contribution < 1.29 is 9.32 Å². The summed E-state index contributed by atoms with van der Waals surface area (Å²) in [6.07, 6.45) is 0.481. The highest BCUT2D eigenvalue weighted by Gasteiger charge is 2.11. The molecule has 0 aromatic carbocycles. The second-order valence-electron chi connectivity index (χ2n) is 1.84. The molecule has 0 spiro atoms. The van der Waals surface area contributed by atoms with E-state index in [0.29, 0.717) is 6.29 Å². The second kappa shape index (κ2) is 3.02. The standard InChI is InChI=1S/C5H5N3O3/c6-3(2-9)4-1-5(7-10)8-11-4/h1-3H,6H2. The number of nitrogens with two attached hydrogens (primary N) is 1. The molecule has 1 atom stereocenters. The highest BCUT2D eigenvalue weighted by atomic mass is 16.5. The van der Waals surface area contributed by atoms with Crippen molar-refractivity contribution in [2.24, 2.45) is 10.9 Å². The molecule has 0 saturated heterocycles. The minimum Gasteiger partial charge on any atom is -0.357 e. The van der Waals surface area contributed by atoms with Crippen LogP contribution in [0.2, 0.25) is 0 Å².